The summed E-state index contributed by atoms with van der Waals surface area (Å²) < 4.78 is 0.715. The van der Waals surface area contributed by atoms with E-state index in [1.165, 1.54) is 6.20 Å². The molecule has 8 heteroatoms. The van der Waals surface area contributed by atoms with Crippen molar-refractivity contribution < 1.29 is 14.4 Å². The first-order chi connectivity index (χ1) is 10.00. The number of carbonyl (C=O) groups excluding carboxylic acids is 3. The maximum absolute atomic E-state index is 12.5. The largest absolute Gasteiger partial charge is 0.336 e. The van der Waals surface area contributed by atoms with Gasteiger partial charge in [0.25, 0.3) is 11.8 Å². The molecule has 2 fully saturated rings. The smallest absolute Gasteiger partial charge is 0.322 e. The van der Waals surface area contributed by atoms with Crippen LogP contribution >= 0.6 is 15.9 Å². The van der Waals surface area contributed by atoms with Gasteiger partial charge in [0.2, 0.25) is 0 Å². The third-order valence-corrected chi connectivity index (χ3v) is 4.18. The molecule has 7 nitrogen and oxygen atoms in total. The number of hydrogen-bond acceptors (Lipinski definition) is 4. The molecule has 3 rings (SSSR count). The second-order valence-electron chi connectivity index (χ2n) is 5.21. The molecule has 1 atom stereocenters. The summed E-state index contributed by atoms with van der Waals surface area (Å²) in [5, 5.41) is 4.89. The number of piperidine rings is 1. The number of likely N-dealkylation sites (tertiary alicyclic amines) is 1. The number of pyridine rings is 1. The number of carbonyl (C=O) groups is 3. The van der Waals surface area contributed by atoms with Gasteiger partial charge in [-0.05, 0) is 34.8 Å². The van der Waals surface area contributed by atoms with Crippen molar-refractivity contribution >= 4 is 33.8 Å². The molecular formula is C13H13BrN4O3. The monoisotopic (exact) mass is 352 g/mol. The molecule has 0 aromatic carbocycles. The van der Waals surface area contributed by atoms with Crippen LogP contribution in [0.15, 0.2) is 22.9 Å². The molecule has 2 N–H and O–H groups in total. The van der Waals surface area contributed by atoms with Crippen molar-refractivity contribution in [3.05, 3.63) is 28.5 Å². The fraction of sp³-hybridized carbons (Fsp3) is 0.385. The summed E-state index contributed by atoms with van der Waals surface area (Å²) in [6.07, 6.45) is 4.27. The molecule has 0 radical (unpaired) electrons. The van der Waals surface area contributed by atoms with Gasteiger partial charge < -0.3 is 10.2 Å². The predicted octanol–water partition coefficient (Wildman–Crippen LogP) is 0.658. The van der Waals surface area contributed by atoms with Crippen molar-refractivity contribution in [2.24, 2.45) is 0 Å². The molecule has 1 aromatic rings. The van der Waals surface area contributed by atoms with Gasteiger partial charge >= 0.3 is 6.03 Å². The Labute approximate surface area is 129 Å². The number of halogens is 1. The second-order valence-corrected chi connectivity index (χ2v) is 6.13. The minimum Gasteiger partial charge on any atom is -0.336 e. The Bertz CT molecular complexity index is 636. The van der Waals surface area contributed by atoms with E-state index in [1.807, 2.05) is 0 Å². The number of urea groups is 1. The van der Waals surface area contributed by atoms with Gasteiger partial charge in [-0.1, -0.05) is 0 Å². The SMILES string of the molecule is O=C1NC(=O)C2(CCCN(C(=O)c3cncc(Br)c3)C2)N1. The average molecular weight is 353 g/mol. The highest BCUT2D eigenvalue weighted by atomic mass is 79.9. The van der Waals surface area contributed by atoms with Crippen LogP contribution in [-0.4, -0.2) is 46.4 Å². The molecular weight excluding hydrogens is 340 g/mol. The average Bonchev–Trinajstić information content (AvgIpc) is 2.72. The lowest BCUT2D eigenvalue weighted by Gasteiger charge is -2.38. The van der Waals surface area contributed by atoms with Crippen LogP contribution in [0.2, 0.25) is 0 Å². The van der Waals surface area contributed by atoms with Crippen molar-refractivity contribution in [2.75, 3.05) is 13.1 Å². The van der Waals surface area contributed by atoms with Crippen molar-refractivity contribution in [1.29, 1.82) is 0 Å². The molecule has 2 aliphatic heterocycles. The number of aromatic nitrogens is 1. The van der Waals surface area contributed by atoms with Crippen LogP contribution in [0.5, 0.6) is 0 Å². The minimum absolute atomic E-state index is 0.177. The van der Waals surface area contributed by atoms with Gasteiger partial charge in [-0.2, -0.15) is 0 Å². The van der Waals surface area contributed by atoms with E-state index >= 15 is 0 Å². The third kappa shape index (κ3) is 2.51. The molecule has 1 unspecified atom stereocenters. The lowest BCUT2D eigenvalue weighted by molar-refractivity contribution is -0.125. The van der Waals surface area contributed by atoms with Crippen LogP contribution in [0.25, 0.3) is 0 Å². The zero-order valence-corrected chi connectivity index (χ0v) is 12.6. The van der Waals surface area contributed by atoms with Gasteiger partial charge in [-0.15, -0.1) is 0 Å². The maximum Gasteiger partial charge on any atom is 0.322 e. The van der Waals surface area contributed by atoms with Gasteiger partial charge in [0.15, 0.2) is 0 Å². The van der Waals surface area contributed by atoms with Crippen LogP contribution in [0.3, 0.4) is 0 Å². The third-order valence-electron chi connectivity index (χ3n) is 3.75. The molecule has 0 saturated carbocycles. The fourth-order valence-corrected chi connectivity index (χ4v) is 3.12. The number of amides is 4. The normalized spacial score (nSPS) is 24.9. The first-order valence-electron chi connectivity index (χ1n) is 6.54. The first-order valence-corrected chi connectivity index (χ1v) is 7.33. The van der Waals surface area contributed by atoms with Gasteiger partial charge in [-0.25, -0.2) is 4.79 Å². The van der Waals surface area contributed by atoms with E-state index in [-0.39, 0.29) is 18.4 Å². The van der Waals surface area contributed by atoms with Crippen molar-refractivity contribution in [3.8, 4) is 0 Å². The Morgan fingerprint density at radius 2 is 2.19 bits per heavy atom. The molecule has 4 amide bonds. The minimum atomic E-state index is -0.996. The molecule has 21 heavy (non-hydrogen) atoms. The summed E-state index contributed by atoms with van der Waals surface area (Å²) in [4.78, 5) is 41.4. The lowest BCUT2D eigenvalue weighted by Crippen LogP contribution is -2.59. The highest BCUT2D eigenvalue weighted by Gasteiger charge is 2.49. The van der Waals surface area contributed by atoms with Crippen LogP contribution in [0.4, 0.5) is 4.79 Å². The quantitative estimate of drug-likeness (QED) is 0.726. The maximum atomic E-state index is 12.5. The second kappa shape index (κ2) is 5.10. The van der Waals surface area contributed by atoms with Gasteiger partial charge in [0.05, 0.1) is 12.1 Å². The highest BCUT2D eigenvalue weighted by Crippen LogP contribution is 2.25. The number of imide groups is 1. The van der Waals surface area contributed by atoms with Gasteiger partial charge in [0.1, 0.15) is 5.54 Å². The Morgan fingerprint density at radius 1 is 1.38 bits per heavy atom. The van der Waals surface area contributed by atoms with Gasteiger partial charge in [-0.3, -0.25) is 19.9 Å². The van der Waals surface area contributed by atoms with Crippen LogP contribution in [-0.2, 0) is 4.79 Å². The topological polar surface area (TPSA) is 91.4 Å². The summed E-state index contributed by atoms with van der Waals surface area (Å²) in [7, 11) is 0. The molecule has 1 aromatic heterocycles. The van der Waals surface area contributed by atoms with Crippen molar-refractivity contribution in [1.82, 2.24) is 20.5 Å². The summed E-state index contributed by atoms with van der Waals surface area (Å²) in [5.41, 5.74) is -0.545. The predicted molar refractivity (Wildman–Crippen MR) is 76.5 cm³/mol. The molecule has 2 aliphatic rings. The zero-order valence-electron chi connectivity index (χ0n) is 11.1. The highest BCUT2D eigenvalue weighted by molar-refractivity contribution is 9.10. The van der Waals surface area contributed by atoms with E-state index < -0.39 is 11.6 Å². The molecule has 1 spiro atoms. The molecule has 2 saturated heterocycles. The molecule has 0 aliphatic carbocycles. The van der Waals surface area contributed by atoms with Crippen molar-refractivity contribution in [2.45, 2.75) is 18.4 Å². The Balaban J connectivity index is 1.82. The summed E-state index contributed by atoms with van der Waals surface area (Å²) >= 11 is 3.28. The van der Waals surface area contributed by atoms with Crippen LogP contribution in [0.1, 0.15) is 23.2 Å². The number of nitrogens with one attached hydrogen (secondary N) is 2. The van der Waals surface area contributed by atoms with E-state index in [2.05, 4.69) is 31.5 Å². The lowest BCUT2D eigenvalue weighted by atomic mass is 9.89. The fourth-order valence-electron chi connectivity index (χ4n) is 2.76. The van der Waals surface area contributed by atoms with Crippen molar-refractivity contribution in [3.63, 3.8) is 0 Å². The van der Waals surface area contributed by atoms with E-state index in [1.54, 1.807) is 17.2 Å². The Kier molecular flexibility index (Phi) is 3.40. The van der Waals surface area contributed by atoms with E-state index in [9.17, 15) is 14.4 Å². The summed E-state index contributed by atoms with van der Waals surface area (Å²) in [6, 6.07) is 1.18. The number of rotatable bonds is 1. The Morgan fingerprint density at radius 3 is 2.86 bits per heavy atom. The number of nitrogens with zero attached hydrogens (tertiary/aromatic N) is 2. The molecule has 110 valence electrons. The molecule has 0 bridgehead atoms. The van der Waals surface area contributed by atoms with Crippen LogP contribution in [0, 0.1) is 0 Å². The summed E-state index contributed by atoms with van der Waals surface area (Å²) in [6.45, 7) is 0.728. The van der Waals surface area contributed by atoms with Gasteiger partial charge in [0, 0.05) is 23.4 Å². The Hall–Kier alpha value is -1.96. The molecule has 3 heterocycles. The number of hydrogen-bond donors (Lipinski definition) is 2. The van der Waals surface area contributed by atoms with E-state index in [4.69, 9.17) is 0 Å². The first kappa shape index (κ1) is 14.0. The zero-order chi connectivity index (χ0) is 15.0. The van der Waals surface area contributed by atoms with E-state index in [0.717, 1.165) is 0 Å². The van der Waals surface area contributed by atoms with E-state index in [0.29, 0.717) is 29.4 Å². The summed E-state index contributed by atoms with van der Waals surface area (Å²) in [5.74, 6) is -0.561. The van der Waals surface area contributed by atoms with Crippen LogP contribution < -0.4 is 10.6 Å². The standard InChI is InChI=1S/C13H13BrN4O3/c14-9-4-8(5-15-6-9)10(19)18-3-1-2-13(7-18)11(20)16-12(21)17-13/h4-6H,1-3,7H2,(H2,16,17,20,21).